The largest absolute Gasteiger partial charge is 0.308 e. The lowest BCUT2D eigenvalue weighted by Gasteiger charge is -2.41. The molecular weight excluding hydrogens is 426 g/mol. The molecule has 0 radical (unpaired) electrons. The summed E-state index contributed by atoms with van der Waals surface area (Å²) in [4.78, 5) is 28.9. The molecule has 8 heteroatoms. The second-order valence-corrected chi connectivity index (χ2v) is 11.0. The van der Waals surface area contributed by atoms with Crippen LogP contribution in [0, 0.1) is 5.92 Å². The Hall–Kier alpha value is -2.87. The van der Waals surface area contributed by atoms with Crippen molar-refractivity contribution in [2.45, 2.75) is 39.2 Å². The Labute approximate surface area is 188 Å². The summed E-state index contributed by atoms with van der Waals surface area (Å²) >= 11 is 0. The van der Waals surface area contributed by atoms with Gasteiger partial charge in [0.05, 0.1) is 28.9 Å². The summed E-state index contributed by atoms with van der Waals surface area (Å²) in [5.74, 6) is 0.369. The van der Waals surface area contributed by atoms with Gasteiger partial charge in [-0.25, -0.2) is 8.42 Å². The van der Waals surface area contributed by atoms with E-state index in [1.165, 1.54) is 4.31 Å². The minimum Gasteiger partial charge on any atom is -0.308 e. The van der Waals surface area contributed by atoms with Crippen LogP contribution in [0.25, 0.3) is 11.1 Å². The molecule has 7 nitrogen and oxygen atoms in total. The van der Waals surface area contributed by atoms with Gasteiger partial charge in [0.15, 0.2) is 0 Å². The Morgan fingerprint density at radius 3 is 2.25 bits per heavy atom. The lowest BCUT2D eigenvalue weighted by Crippen LogP contribution is -2.51. The van der Waals surface area contributed by atoms with Crippen molar-refractivity contribution in [1.29, 1.82) is 0 Å². The number of nitrogens with zero attached hydrogens (tertiary/aromatic N) is 3. The highest BCUT2D eigenvalue weighted by atomic mass is 32.2. The van der Waals surface area contributed by atoms with Crippen molar-refractivity contribution in [1.82, 2.24) is 0 Å². The maximum absolute atomic E-state index is 13.0. The zero-order valence-corrected chi connectivity index (χ0v) is 19.1. The molecule has 3 aliphatic rings. The minimum absolute atomic E-state index is 0.0406. The summed E-state index contributed by atoms with van der Waals surface area (Å²) in [5, 5.41) is 0. The van der Waals surface area contributed by atoms with Gasteiger partial charge in [-0.1, -0.05) is 18.2 Å². The van der Waals surface area contributed by atoms with Gasteiger partial charge in [-0.3, -0.25) is 13.9 Å². The third-order valence-corrected chi connectivity index (χ3v) is 8.40. The molecule has 0 bridgehead atoms. The van der Waals surface area contributed by atoms with Crippen molar-refractivity contribution in [2.24, 2.45) is 5.92 Å². The number of fused-ring (bicyclic) bond motifs is 1. The molecule has 0 N–H and O–H groups in total. The van der Waals surface area contributed by atoms with Gasteiger partial charge in [0, 0.05) is 25.9 Å². The molecule has 2 amide bonds. The molecule has 32 heavy (non-hydrogen) atoms. The molecule has 2 aliphatic heterocycles. The van der Waals surface area contributed by atoms with Gasteiger partial charge in [-0.15, -0.1) is 0 Å². The predicted octanol–water partition coefficient (Wildman–Crippen LogP) is 3.39. The predicted molar refractivity (Wildman–Crippen MR) is 125 cm³/mol. The summed E-state index contributed by atoms with van der Waals surface area (Å²) in [5.41, 5.74) is 4.05. The van der Waals surface area contributed by atoms with Crippen molar-refractivity contribution in [2.75, 3.05) is 32.9 Å². The van der Waals surface area contributed by atoms with Crippen LogP contribution in [0.4, 0.5) is 17.1 Å². The van der Waals surface area contributed by atoms with Gasteiger partial charge in [0.1, 0.15) is 0 Å². The Kier molecular flexibility index (Phi) is 5.00. The van der Waals surface area contributed by atoms with Crippen molar-refractivity contribution in [3.8, 4) is 11.1 Å². The minimum atomic E-state index is -3.22. The summed E-state index contributed by atoms with van der Waals surface area (Å²) in [7, 11) is -3.22. The van der Waals surface area contributed by atoms with Gasteiger partial charge >= 0.3 is 0 Å². The standard InChI is InChI=1S/C24H27N3O4S/c1-16-15-25(24(29)19-4-5-19)23-14-20(8-11-22(23)27(16)17(2)28)18-6-9-21(10-7-18)26-12-3-13-32(26,30)31/h6-11,14,16,19H,3-5,12-13,15H2,1-2H3. The monoisotopic (exact) mass is 453 g/mol. The van der Waals surface area contributed by atoms with Gasteiger partial charge in [0.25, 0.3) is 0 Å². The summed E-state index contributed by atoms with van der Waals surface area (Å²) in [6.07, 6.45) is 2.50. The maximum atomic E-state index is 13.0. The number of carbonyl (C=O) groups excluding carboxylic acids is 2. The molecule has 1 atom stereocenters. The average molecular weight is 454 g/mol. The van der Waals surface area contributed by atoms with E-state index in [4.69, 9.17) is 0 Å². The molecule has 2 heterocycles. The van der Waals surface area contributed by atoms with Crippen LogP contribution in [0.1, 0.15) is 33.1 Å². The molecule has 2 fully saturated rings. The molecule has 1 unspecified atom stereocenters. The average Bonchev–Trinajstić information content (AvgIpc) is 3.55. The second-order valence-electron chi connectivity index (χ2n) is 8.95. The van der Waals surface area contributed by atoms with Crippen LogP contribution >= 0.6 is 0 Å². The van der Waals surface area contributed by atoms with E-state index in [9.17, 15) is 18.0 Å². The molecule has 1 saturated carbocycles. The van der Waals surface area contributed by atoms with E-state index in [2.05, 4.69) is 0 Å². The van der Waals surface area contributed by atoms with Crippen LogP contribution in [-0.2, 0) is 19.6 Å². The first kappa shape index (κ1) is 21.0. The molecular formula is C24H27N3O4S. The zero-order valence-electron chi connectivity index (χ0n) is 18.3. The molecule has 5 rings (SSSR count). The molecule has 0 aromatic heterocycles. The first-order valence-corrected chi connectivity index (χ1v) is 12.7. The van der Waals surface area contributed by atoms with Crippen LogP contribution in [-0.4, -0.2) is 45.1 Å². The van der Waals surface area contributed by atoms with Crippen molar-refractivity contribution in [3.63, 3.8) is 0 Å². The van der Waals surface area contributed by atoms with Gasteiger partial charge in [-0.05, 0) is 61.6 Å². The third-order valence-electron chi connectivity index (χ3n) is 6.53. The Bertz CT molecular complexity index is 1190. The van der Waals surface area contributed by atoms with E-state index in [-0.39, 0.29) is 29.5 Å². The number of hydrogen-bond donors (Lipinski definition) is 0. The normalized spacial score (nSPS) is 22.1. The number of amides is 2. The third kappa shape index (κ3) is 3.56. The number of carbonyl (C=O) groups is 2. The highest BCUT2D eigenvalue weighted by Crippen LogP contribution is 2.42. The first-order chi connectivity index (χ1) is 15.3. The van der Waals surface area contributed by atoms with E-state index in [0.29, 0.717) is 25.2 Å². The fourth-order valence-electron chi connectivity index (χ4n) is 4.79. The maximum Gasteiger partial charge on any atom is 0.235 e. The molecule has 2 aromatic carbocycles. The van der Waals surface area contributed by atoms with Crippen molar-refractivity contribution >= 4 is 38.9 Å². The van der Waals surface area contributed by atoms with E-state index < -0.39 is 10.0 Å². The van der Waals surface area contributed by atoms with Gasteiger partial charge in [-0.2, -0.15) is 0 Å². The van der Waals surface area contributed by atoms with Crippen molar-refractivity contribution in [3.05, 3.63) is 42.5 Å². The summed E-state index contributed by atoms with van der Waals surface area (Å²) in [6.45, 7) is 4.52. The van der Waals surface area contributed by atoms with Crippen LogP contribution in [0.5, 0.6) is 0 Å². The van der Waals surface area contributed by atoms with Crippen LogP contribution in [0.2, 0.25) is 0 Å². The number of sulfonamides is 1. The Morgan fingerprint density at radius 1 is 0.969 bits per heavy atom. The topological polar surface area (TPSA) is 78.0 Å². The van der Waals surface area contributed by atoms with E-state index >= 15 is 0 Å². The van der Waals surface area contributed by atoms with E-state index in [1.807, 2.05) is 54.3 Å². The van der Waals surface area contributed by atoms with Crippen LogP contribution < -0.4 is 14.1 Å². The van der Waals surface area contributed by atoms with Gasteiger partial charge < -0.3 is 9.80 Å². The fraction of sp³-hybridized carbons (Fsp3) is 0.417. The number of rotatable bonds is 3. The van der Waals surface area contributed by atoms with Gasteiger partial charge in [0.2, 0.25) is 21.8 Å². The summed E-state index contributed by atoms with van der Waals surface area (Å²) < 4.78 is 25.9. The quantitative estimate of drug-likeness (QED) is 0.714. The van der Waals surface area contributed by atoms with E-state index in [1.54, 1.807) is 11.8 Å². The highest BCUT2D eigenvalue weighted by Gasteiger charge is 2.39. The highest BCUT2D eigenvalue weighted by molar-refractivity contribution is 7.93. The zero-order chi connectivity index (χ0) is 22.6. The molecule has 1 aliphatic carbocycles. The second kappa shape index (κ2) is 7.62. The summed E-state index contributed by atoms with van der Waals surface area (Å²) in [6, 6.07) is 13.2. The molecule has 168 valence electrons. The Morgan fingerprint density at radius 2 is 1.66 bits per heavy atom. The molecule has 2 aromatic rings. The number of anilines is 3. The van der Waals surface area contributed by atoms with Crippen LogP contribution in [0.15, 0.2) is 42.5 Å². The van der Waals surface area contributed by atoms with Crippen LogP contribution in [0.3, 0.4) is 0 Å². The smallest absolute Gasteiger partial charge is 0.235 e. The van der Waals surface area contributed by atoms with E-state index in [0.717, 1.165) is 35.3 Å². The number of benzene rings is 2. The lowest BCUT2D eigenvalue weighted by atomic mass is 10.00. The fourth-order valence-corrected chi connectivity index (χ4v) is 6.36. The first-order valence-electron chi connectivity index (χ1n) is 11.1. The molecule has 1 saturated heterocycles. The lowest BCUT2D eigenvalue weighted by molar-refractivity contribution is -0.120. The SMILES string of the molecule is CC(=O)N1c2ccc(-c3ccc(N4CCCS4(=O)=O)cc3)cc2N(C(=O)C2CC2)CC1C. The van der Waals surface area contributed by atoms with Crippen molar-refractivity contribution < 1.29 is 18.0 Å². The Balaban J connectivity index is 1.52. The number of hydrogen-bond acceptors (Lipinski definition) is 4. The molecule has 0 spiro atoms.